The van der Waals surface area contributed by atoms with Gasteiger partial charge in [0.1, 0.15) is 0 Å². The number of aryl methyl sites for hydroxylation is 2. The maximum absolute atomic E-state index is 13.8. The number of rotatable bonds is 10. The number of carboxylic acid groups (broad SMARTS) is 1. The smallest absolute Gasteiger partial charge is 0.335 e. The first-order chi connectivity index (χ1) is 16.9. The number of carboxylic acids is 1. The van der Waals surface area contributed by atoms with E-state index >= 15 is 0 Å². The molecular weight excluding hydrogens is 470 g/mol. The van der Waals surface area contributed by atoms with Crippen LogP contribution in [0, 0.1) is 0 Å². The molecule has 3 aromatic carbocycles. The number of hydrogen-bond acceptors (Lipinski definition) is 3. The Bertz CT molecular complexity index is 1310. The molecule has 0 fully saturated rings. The third kappa shape index (κ3) is 6.55. The van der Waals surface area contributed by atoms with E-state index in [0.717, 1.165) is 27.8 Å². The largest absolute Gasteiger partial charge is 0.478 e. The molecule has 2 N–H and O–H groups in total. The lowest BCUT2D eigenvalue weighted by Crippen LogP contribution is -2.19. The monoisotopic (exact) mass is 507 g/mol. The summed E-state index contributed by atoms with van der Waals surface area (Å²) in [6.07, 6.45) is 1.32. The van der Waals surface area contributed by atoms with Gasteiger partial charge in [0.25, 0.3) is 10.0 Å². The molecule has 0 saturated carbocycles. The zero-order chi connectivity index (χ0) is 26.6. The first kappa shape index (κ1) is 27.5. The molecule has 0 atom stereocenters. The van der Waals surface area contributed by atoms with Crippen molar-refractivity contribution in [3.63, 3.8) is 0 Å². The van der Waals surface area contributed by atoms with E-state index in [1.54, 1.807) is 24.3 Å². The molecule has 0 amide bonds. The van der Waals surface area contributed by atoms with Crippen molar-refractivity contribution in [2.75, 3.05) is 4.72 Å². The van der Waals surface area contributed by atoms with E-state index in [0.29, 0.717) is 29.3 Å². The van der Waals surface area contributed by atoms with Crippen LogP contribution in [0.1, 0.15) is 97.5 Å². The summed E-state index contributed by atoms with van der Waals surface area (Å²) in [5.41, 5.74) is 5.51. The number of anilines is 1. The molecule has 0 radical (unpaired) electrons. The topological polar surface area (TPSA) is 83.5 Å². The number of sulfonamides is 1. The van der Waals surface area contributed by atoms with Gasteiger partial charge < -0.3 is 5.11 Å². The molecule has 36 heavy (non-hydrogen) atoms. The van der Waals surface area contributed by atoms with Crippen LogP contribution < -0.4 is 4.72 Å². The quantitative estimate of drug-likeness (QED) is 0.301. The summed E-state index contributed by atoms with van der Waals surface area (Å²) in [5, 5.41) is 9.22. The lowest BCUT2D eigenvalue weighted by Gasteiger charge is -2.23. The number of carbonyl (C=O) groups is 1. The second kappa shape index (κ2) is 11.3. The highest BCUT2D eigenvalue weighted by molar-refractivity contribution is 7.92. The normalized spacial score (nSPS) is 11.9. The fraction of sp³-hybridized carbons (Fsp3) is 0.367. The molecule has 3 rings (SSSR count). The molecule has 0 spiro atoms. The molecule has 6 heteroatoms. The van der Waals surface area contributed by atoms with E-state index in [2.05, 4.69) is 18.6 Å². The van der Waals surface area contributed by atoms with Crippen molar-refractivity contribution in [2.45, 2.75) is 77.0 Å². The first-order valence-electron chi connectivity index (χ1n) is 12.5. The molecule has 0 bridgehead atoms. The molecule has 0 aliphatic rings. The number of benzene rings is 3. The Hall–Kier alpha value is -3.12. The Morgan fingerprint density at radius 3 is 1.81 bits per heavy atom. The standard InChI is InChI=1S/C30H37NO4S/c1-19(2)25-17-27(20(3)4)29(28(18-25)21(5)6)36(34,35)31-26-12-8-10-23(16-26)14-13-22-9-7-11-24(15-22)30(32)33/h7-12,15-21,31H,13-14H2,1-6H3,(H,32,33). The van der Waals surface area contributed by atoms with Crippen LogP contribution in [-0.4, -0.2) is 19.5 Å². The second-order valence-electron chi connectivity index (χ2n) is 10.3. The summed E-state index contributed by atoms with van der Waals surface area (Å²) in [6, 6.07) is 18.4. The van der Waals surface area contributed by atoms with Crippen LogP contribution in [0.5, 0.6) is 0 Å². The van der Waals surface area contributed by atoms with E-state index < -0.39 is 16.0 Å². The van der Waals surface area contributed by atoms with E-state index in [-0.39, 0.29) is 17.4 Å². The van der Waals surface area contributed by atoms with E-state index in [1.807, 2.05) is 64.1 Å². The summed E-state index contributed by atoms with van der Waals surface area (Å²) in [6.45, 7) is 12.4. The van der Waals surface area contributed by atoms with Gasteiger partial charge >= 0.3 is 5.97 Å². The van der Waals surface area contributed by atoms with Crippen LogP contribution in [0.2, 0.25) is 0 Å². The van der Waals surface area contributed by atoms with Crippen LogP contribution in [-0.2, 0) is 22.9 Å². The molecule has 0 aromatic heterocycles. The highest BCUT2D eigenvalue weighted by Gasteiger charge is 2.27. The fourth-order valence-corrected chi connectivity index (χ4v) is 6.09. The molecule has 0 aliphatic heterocycles. The van der Waals surface area contributed by atoms with Crippen molar-refractivity contribution >= 4 is 21.7 Å². The van der Waals surface area contributed by atoms with Gasteiger partial charge in [-0.25, -0.2) is 13.2 Å². The Labute approximate surface area is 215 Å². The van der Waals surface area contributed by atoms with E-state index in [4.69, 9.17) is 0 Å². The van der Waals surface area contributed by atoms with E-state index in [9.17, 15) is 18.3 Å². The lowest BCUT2D eigenvalue weighted by atomic mass is 9.89. The van der Waals surface area contributed by atoms with Crippen molar-refractivity contribution in [2.24, 2.45) is 0 Å². The number of hydrogen-bond donors (Lipinski definition) is 2. The van der Waals surface area contributed by atoms with Crippen LogP contribution in [0.15, 0.2) is 65.6 Å². The molecule has 0 aliphatic carbocycles. The van der Waals surface area contributed by atoms with Crippen molar-refractivity contribution in [3.8, 4) is 0 Å². The van der Waals surface area contributed by atoms with Crippen molar-refractivity contribution in [1.29, 1.82) is 0 Å². The Balaban J connectivity index is 1.91. The second-order valence-corrected chi connectivity index (χ2v) is 11.9. The van der Waals surface area contributed by atoms with Gasteiger partial charge in [-0.15, -0.1) is 0 Å². The van der Waals surface area contributed by atoms with Gasteiger partial charge in [-0.05, 0) is 82.7 Å². The van der Waals surface area contributed by atoms with Crippen LogP contribution in [0.4, 0.5) is 5.69 Å². The highest BCUT2D eigenvalue weighted by Crippen LogP contribution is 2.36. The lowest BCUT2D eigenvalue weighted by molar-refractivity contribution is 0.0696. The molecule has 0 saturated heterocycles. The molecule has 192 valence electrons. The Kier molecular flexibility index (Phi) is 8.62. The molecule has 0 heterocycles. The van der Waals surface area contributed by atoms with Crippen LogP contribution >= 0.6 is 0 Å². The first-order valence-corrected chi connectivity index (χ1v) is 14.0. The average molecular weight is 508 g/mol. The zero-order valence-corrected chi connectivity index (χ0v) is 22.8. The predicted molar refractivity (Wildman–Crippen MR) is 147 cm³/mol. The number of aromatic carboxylic acids is 1. The molecule has 5 nitrogen and oxygen atoms in total. The van der Waals surface area contributed by atoms with Gasteiger partial charge in [0.15, 0.2) is 0 Å². The van der Waals surface area contributed by atoms with Crippen molar-refractivity contribution in [1.82, 2.24) is 0 Å². The Morgan fingerprint density at radius 1 is 0.778 bits per heavy atom. The maximum Gasteiger partial charge on any atom is 0.335 e. The third-order valence-electron chi connectivity index (χ3n) is 6.40. The molecule has 3 aromatic rings. The summed E-state index contributed by atoms with van der Waals surface area (Å²) < 4.78 is 30.3. The summed E-state index contributed by atoms with van der Waals surface area (Å²) >= 11 is 0. The third-order valence-corrected chi connectivity index (χ3v) is 7.92. The van der Waals surface area contributed by atoms with Gasteiger partial charge in [0.05, 0.1) is 10.5 Å². The Morgan fingerprint density at radius 2 is 1.31 bits per heavy atom. The maximum atomic E-state index is 13.8. The van der Waals surface area contributed by atoms with Crippen molar-refractivity contribution < 1.29 is 18.3 Å². The molecule has 0 unspecified atom stereocenters. The van der Waals surface area contributed by atoms with Crippen molar-refractivity contribution in [3.05, 3.63) is 94.0 Å². The zero-order valence-electron chi connectivity index (χ0n) is 22.0. The van der Waals surface area contributed by atoms with Gasteiger partial charge in [-0.2, -0.15) is 0 Å². The summed E-state index contributed by atoms with van der Waals surface area (Å²) in [4.78, 5) is 11.6. The minimum Gasteiger partial charge on any atom is -0.478 e. The number of nitrogens with one attached hydrogen (secondary N) is 1. The van der Waals surface area contributed by atoms with Gasteiger partial charge in [0.2, 0.25) is 0 Å². The van der Waals surface area contributed by atoms with Crippen LogP contribution in [0.3, 0.4) is 0 Å². The summed E-state index contributed by atoms with van der Waals surface area (Å²) in [5.74, 6) is -0.532. The summed E-state index contributed by atoms with van der Waals surface area (Å²) in [7, 11) is -3.82. The molecular formula is C30H37NO4S. The average Bonchev–Trinajstić information content (AvgIpc) is 2.81. The fourth-order valence-electron chi connectivity index (χ4n) is 4.34. The SMILES string of the molecule is CC(C)c1cc(C(C)C)c(S(=O)(=O)Nc2cccc(CCc3cccc(C(=O)O)c3)c2)c(C(C)C)c1. The van der Waals surface area contributed by atoms with Gasteiger partial charge in [-0.3, -0.25) is 4.72 Å². The van der Waals surface area contributed by atoms with E-state index in [1.165, 1.54) is 0 Å². The van der Waals surface area contributed by atoms with Crippen LogP contribution in [0.25, 0.3) is 0 Å². The minimum atomic E-state index is -3.82. The van der Waals surface area contributed by atoms with Gasteiger partial charge in [-0.1, -0.05) is 77.9 Å². The van der Waals surface area contributed by atoms with Gasteiger partial charge in [0, 0.05) is 5.69 Å². The predicted octanol–water partition coefficient (Wildman–Crippen LogP) is 7.34. The minimum absolute atomic E-state index is 0.0562. The highest BCUT2D eigenvalue weighted by atomic mass is 32.2.